The molecule has 3 aromatic rings. The number of nitrogens with zero attached hydrogens (tertiary/aromatic N) is 1. The van der Waals surface area contributed by atoms with Crippen molar-refractivity contribution in [1.82, 2.24) is 4.98 Å². The summed E-state index contributed by atoms with van der Waals surface area (Å²) in [5.41, 5.74) is 4.65. The van der Waals surface area contributed by atoms with E-state index in [-0.39, 0.29) is 11.9 Å². The third-order valence-corrected chi connectivity index (χ3v) is 4.50. The molecule has 0 amide bonds. The van der Waals surface area contributed by atoms with E-state index in [2.05, 4.69) is 29.1 Å². The predicted octanol–water partition coefficient (Wildman–Crippen LogP) is 4.77. The summed E-state index contributed by atoms with van der Waals surface area (Å²) in [6.07, 6.45) is 2.70. The fraction of sp³-hybridized carbons (Fsp3) is 0.286. The first-order valence-corrected chi connectivity index (χ1v) is 8.82. The van der Waals surface area contributed by atoms with E-state index >= 15 is 0 Å². The fourth-order valence-electron chi connectivity index (χ4n) is 2.99. The number of aromatic nitrogens is 1. The molecule has 0 aliphatic heterocycles. The Kier molecular flexibility index (Phi) is 5.58. The zero-order valence-corrected chi connectivity index (χ0v) is 15.4. The molecule has 0 aliphatic carbocycles. The summed E-state index contributed by atoms with van der Waals surface area (Å²) in [4.78, 5) is 7.51. The normalized spacial score (nSPS) is 12.7. The van der Waals surface area contributed by atoms with Gasteiger partial charge in [-0.05, 0) is 43.2 Å². The second-order valence-corrected chi connectivity index (χ2v) is 6.40. The molecule has 3 N–H and O–H groups in total. The summed E-state index contributed by atoms with van der Waals surface area (Å²) >= 11 is 0. The molecule has 0 radical (unpaired) electrons. The van der Waals surface area contributed by atoms with E-state index in [1.165, 1.54) is 0 Å². The molecule has 26 heavy (non-hydrogen) atoms. The number of aromatic hydroxyl groups is 1. The van der Waals surface area contributed by atoms with Crippen LogP contribution >= 0.6 is 0 Å². The van der Waals surface area contributed by atoms with Crippen LogP contribution in [0.1, 0.15) is 24.5 Å². The van der Waals surface area contributed by atoms with E-state index in [0.29, 0.717) is 12.2 Å². The molecular weight excluding hydrogens is 326 g/mol. The highest BCUT2D eigenvalue weighted by atomic mass is 16.5. The van der Waals surface area contributed by atoms with Crippen LogP contribution in [-0.2, 0) is 4.74 Å². The average molecular weight is 351 g/mol. The summed E-state index contributed by atoms with van der Waals surface area (Å²) in [6, 6.07) is 14.1. The minimum atomic E-state index is 0.135. The molecule has 136 valence electrons. The van der Waals surface area contributed by atoms with Gasteiger partial charge in [-0.1, -0.05) is 25.1 Å². The Hall–Kier alpha value is -2.79. The largest absolute Gasteiger partial charge is 0.494 e. The number of rotatable bonds is 7. The number of anilines is 1. The Morgan fingerprint density at radius 1 is 1.27 bits per heavy atom. The molecule has 0 spiro atoms. The topological polar surface area (TPSA) is 69.6 Å². The molecule has 5 nitrogen and oxygen atoms in total. The molecule has 5 heteroatoms. The van der Waals surface area contributed by atoms with Crippen LogP contribution in [0.5, 0.6) is 5.88 Å². The predicted molar refractivity (Wildman–Crippen MR) is 108 cm³/mol. The summed E-state index contributed by atoms with van der Waals surface area (Å²) in [5, 5.41) is 14.6. The summed E-state index contributed by atoms with van der Waals surface area (Å²) < 4.78 is 5.24. The standard InChI is InChI=1S/C21H25N3O2/c1-4-15(13-26-3)23-19-10-9-16(11-14(19)2)22-12-18-17-7-5-6-8-20(17)24-21(18)25/h5-12,15,23-25H,4,13H2,1-3H3. The number of H-pyrrole nitrogens is 1. The number of ether oxygens (including phenoxy) is 1. The van der Waals surface area contributed by atoms with Crippen molar-refractivity contribution in [1.29, 1.82) is 0 Å². The SMILES string of the molecule is CCC(COC)Nc1ccc(N=Cc2c(O)[nH]c3ccccc23)cc1C. The minimum absolute atomic E-state index is 0.135. The fourth-order valence-corrected chi connectivity index (χ4v) is 2.99. The van der Waals surface area contributed by atoms with E-state index < -0.39 is 0 Å². The maximum atomic E-state index is 10.1. The van der Waals surface area contributed by atoms with Crippen molar-refractivity contribution in [2.24, 2.45) is 4.99 Å². The number of aliphatic imine (C=N–C) groups is 1. The highest BCUT2D eigenvalue weighted by molar-refractivity contribution is 6.02. The van der Waals surface area contributed by atoms with Gasteiger partial charge < -0.3 is 20.1 Å². The molecule has 0 aliphatic rings. The zero-order chi connectivity index (χ0) is 18.5. The summed E-state index contributed by atoms with van der Waals surface area (Å²) in [7, 11) is 1.72. The van der Waals surface area contributed by atoms with Crippen molar-refractivity contribution < 1.29 is 9.84 Å². The summed E-state index contributed by atoms with van der Waals surface area (Å²) in [5.74, 6) is 0.135. The highest BCUT2D eigenvalue weighted by Gasteiger charge is 2.09. The van der Waals surface area contributed by atoms with E-state index in [9.17, 15) is 5.11 Å². The average Bonchev–Trinajstić information content (AvgIpc) is 2.96. The van der Waals surface area contributed by atoms with Crippen LogP contribution in [-0.4, -0.2) is 36.1 Å². The lowest BCUT2D eigenvalue weighted by molar-refractivity contribution is 0.184. The van der Waals surface area contributed by atoms with Gasteiger partial charge in [0.25, 0.3) is 0 Å². The molecule has 1 atom stereocenters. The van der Waals surface area contributed by atoms with Crippen molar-refractivity contribution in [3.63, 3.8) is 0 Å². The Labute approximate surface area is 153 Å². The van der Waals surface area contributed by atoms with Gasteiger partial charge in [-0.25, -0.2) is 0 Å². The highest BCUT2D eigenvalue weighted by Crippen LogP contribution is 2.27. The first-order chi connectivity index (χ1) is 12.6. The van der Waals surface area contributed by atoms with Crippen LogP contribution in [0.4, 0.5) is 11.4 Å². The van der Waals surface area contributed by atoms with Crippen LogP contribution in [0.15, 0.2) is 47.5 Å². The number of fused-ring (bicyclic) bond motifs is 1. The molecular formula is C21H25N3O2. The van der Waals surface area contributed by atoms with Gasteiger partial charge in [-0.2, -0.15) is 0 Å². The number of aromatic amines is 1. The van der Waals surface area contributed by atoms with Crippen LogP contribution in [0.3, 0.4) is 0 Å². The zero-order valence-electron chi connectivity index (χ0n) is 15.4. The van der Waals surface area contributed by atoms with Crippen LogP contribution < -0.4 is 5.32 Å². The molecule has 0 bridgehead atoms. The van der Waals surface area contributed by atoms with Gasteiger partial charge in [0.2, 0.25) is 0 Å². The van der Waals surface area contributed by atoms with Crippen LogP contribution in [0.25, 0.3) is 10.9 Å². The first-order valence-electron chi connectivity index (χ1n) is 8.82. The van der Waals surface area contributed by atoms with Crippen molar-refractivity contribution >= 4 is 28.5 Å². The third kappa shape index (κ3) is 3.89. The first kappa shape index (κ1) is 18.0. The Morgan fingerprint density at radius 3 is 2.81 bits per heavy atom. The maximum Gasteiger partial charge on any atom is 0.198 e. The Bertz CT molecular complexity index is 915. The number of para-hydroxylation sites is 1. The van der Waals surface area contributed by atoms with Gasteiger partial charge in [0.05, 0.1) is 17.9 Å². The van der Waals surface area contributed by atoms with Crippen LogP contribution in [0.2, 0.25) is 0 Å². The van der Waals surface area contributed by atoms with Gasteiger partial charge in [0, 0.05) is 36.0 Å². The summed E-state index contributed by atoms with van der Waals surface area (Å²) in [6.45, 7) is 4.87. The Morgan fingerprint density at radius 2 is 2.08 bits per heavy atom. The number of aryl methyl sites for hydroxylation is 1. The molecule has 0 saturated carbocycles. The lowest BCUT2D eigenvalue weighted by Gasteiger charge is -2.19. The van der Waals surface area contributed by atoms with E-state index in [1.807, 2.05) is 42.5 Å². The molecule has 1 unspecified atom stereocenters. The lowest BCUT2D eigenvalue weighted by Crippen LogP contribution is -2.24. The number of hydrogen-bond acceptors (Lipinski definition) is 4. The minimum Gasteiger partial charge on any atom is -0.494 e. The van der Waals surface area contributed by atoms with Gasteiger partial charge in [-0.15, -0.1) is 0 Å². The van der Waals surface area contributed by atoms with Crippen molar-refractivity contribution in [3.8, 4) is 5.88 Å². The van der Waals surface area contributed by atoms with E-state index in [4.69, 9.17) is 4.74 Å². The molecule has 0 saturated heterocycles. The van der Waals surface area contributed by atoms with E-state index in [0.717, 1.165) is 34.3 Å². The number of hydrogen-bond donors (Lipinski definition) is 3. The van der Waals surface area contributed by atoms with Crippen molar-refractivity contribution in [3.05, 3.63) is 53.6 Å². The van der Waals surface area contributed by atoms with Gasteiger partial charge in [0.1, 0.15) is 0 Å². The molecule has 0 fully saturated rings. The molecule has 1 aromatic heterocycles. The van der Waals surface area contributed by atoms with Gasteiger partial charge in [-0.3, -0.25) is 4.99 Å². The van der Waals surface area contributed by atoms with Crippen molar-refractivity contribution in [2.45, 2.75) is 26.3 Å². The van der Waals surface area contributed by atoms with Crippen LogP contribution in [0, 0.1) is 6.92 Å². The lowest BCUT2D eigenvalue weighted by atomic mass is 10.1. The number of benzene rings is 2. The Balaban J connectivity index is 1.81. The molecule has 2 aromatic carbocycles. The number of nitrogens with one attached hydrogen (secondary N) is 2. The third-order valence-electron chi connectivity index (χ3n) is 4.50. The van der Waals surface area contributed by atoms with Gasteiger partial charge in [0.15, 0.2) is 5.88 Å². The molecule has 3 rings (SSSR count). The van der Waals surface area contributed by atoms with Gasteiger partial charge >= 0.3 is 0 Å². The number of methoxy groups -OCH3 is 1. The monoisotopic (exact) mass is 351 g/mol. The second kappa shape index (κ2) is 8.06. The smallest absolute Gasteiger partial charge is 0.198 e. The maximum absolute atomic E-state index is 10.1. The van der Waals surface area contributed by atoms with Crippen molar-refractivity contribution in [2.75, 3.05) is 19.0 Å². The quantitative estimate of drug-likeness (QED) is 0.537. The second-order valence-electron chi connectivity index (χ2n) is 6.40. The van der Waals surface area contributed by atoms with E-state index in [1.54, 1.807) is 13.3 Å². The molecule has 1 heterocycles.